The van der Waals surface area contributed by atoms with E-state index in [9.17, 15) is 52.4 Å². The van der Waals surface area contributed by atoms with Crippen LogP contribution in [0.3, 0.4) is 0 Å². The van der Waals surface area contributed by atoms with Gasteiger partial charge in [-0.15, -0.1) is 0 Å². The Morgan fingerprint density at radius 2 is 1.47 bits per heavy atom. The average molecular weight is 591 g/mol. The Kier molecular flexibility index (Phi) is 7.42. The summed E-state index contributed by atoms with van der Waals surface area (Å²) in [5, 5.41) is 2.38. The first kappa shape index (κ1) is 29.8. The van der Waals surface area contributed by atoms with Crippen molar-refractivity contribution in [2.45, 2.75) is 59.6 Å². The zero-order valence-corrected chi connectivity index (χ0v) is 21.5. The van der Waals surface area contributed by atoms with Gasteiger partial charge in [-0.3, -0.25) is 4.79 Å². The van der Waals surface area contributed by atoms with E-state index in [0.717, 1.165) is 0 Å². The number of nitrogens with zero attached hydrogens (tertiary/aromatic N) is 1. The summed E-state index contributed by atoms with van der Waals surface area (Å²) in [7, 11) is -8.80. The van der Waals surface area contributed by atoms with Crippen LogP contribution in [-0.2, 0) is 32.0 Å². The van der Waals surface area contributed by atoms with Gasteiger partial charge < -0.3 is 5.32 Å². The van der Waals surface area contributed by atoms with E-state index < -0.39 is 87.1 Å². The third-order valence-corrected chi connectivity index (χ3v) is 10.1. The standard InChI is InChI=1S/C22H21F7N2O5S2/c1-20(2,38(35,36)16-7-12(21(24,25)26)4-14(23)9-16)11-5-15(6-11)31-19(32)18-17(37(3,33)34)8-13(10-30-18)22(27,28)29/h4,7-11,15H,5-6H2,1-3H3,(H,31,32)/t11-,15+. The molecular formula is C22H21F7N2O5S2. The van der Waals surface area contributed by atoms with Gasteiger partial charge in [-0.2, -0.15) is 26.3 Å². The minimum Gasteiger partial charge on any atom is -0.348 e. The number of halogens is 7. The number of carbonyl (C=O) groups excluding carboxylic acids is 1. The third-order valence-electron chi connectivity index (χ3n) is 6.45. The highest BCUT2D eigenvalue weighted by atomic mass is 32.2. The van der Waals surface area contributed by atoms with E-state index in [1.807, 2.05) is 0 Å². The number of nitrogens with one attached hydrogen (secondary N) is 1. The second-order valence-electron chi connectivity index (χ2n) is 9.46. The molecule has 0 atom stereocenters. The predicted molar refractivity (Wildman–Crippen MR) is 119 cm³/mol. The fraction of sp³-hybridized carbons (Fsp3) is 0.455. The number of sulfone groups is 2. The molecule has 0 spiro atoms. The zero-order valence-electron chi connectivity index (χ0n) is 19.9. The summed E-state index contributed by atoms with van der Waals surface area (Å²) in [6.45, 7) is 2.48. The first-order chi connectivity index (χ1) is 17.0. The molecule has 0 unspecified atom stereocenters. The Labute approximate surface area is 213 Å². The maximum Gasteiger partial charge on any atom is 0.417 e. The molecule has 7 nitrogen and oxygen atoms in total. The van der Waals surface area contributed by atoms with Crippen LogP contribution in [-0.4, -0.2) is 44.8 Å². The van der Waals surface area contributed by atoms with Crippen LogP contribution in [0.25, 0.3) is 0 Å². The summed E-state index contributed by atoms with van der Waals surface area (Å²) >= 11 is 0. The van der Waals surface area contributed by atoms with Crippen LogP contribution in [0.15, 0.2) is 40.3 Å². The Balaban J connectivity index is 1.80. The Hall–Kier alpha value is -2.75. The summed E-state index contributed by atoms with van der Waals surface area (Å²) in [5.41, 5.74) is -3.64. The number of pyridine rings is 1. The van der Waals surface area contributed by atoms with Crippen LogP contribution in [0.4, 0.5) is 30.7 Å². The van der Waals surface area contributed by atoms with Gasteiger partial charge in [0.25, 0.3) is 5.91 Å². The maximum absolute atomic E-state index is 13.8. The van der Waals surface area contributed by atoms with Crippen LogP contribution < -0.4 is 5.32 Å². The molecule has 1 aliphatic rings. The van der Waals surface area contributed by atoms with Crippen molar-refractivity contribution < 1.29 is 52.4 Å². The Morgan fingerprint density at radius 3 is 1.97 bits per heavy atom. The van der Waals surface area contributed by atoms with Crippen molar-refractivity contribution in [1.29, 1.82) is 0 Å². The highest BCUT2D eigenvalue weighted by Gasteiger charge is 2.49. The molecule has 1 N–H and O–H groups in total. The smallest absolute Gasteiger partial charge is 0.348 e. The molecule has 1 amide bonds. The van der Waals surface area contributed by atoms with Gasteiger partial charge in [0.05, 0.1) is 25.7 Å². The lowest BCUT2D eigenvalue weighted by atomic mass is 9.73. The molecule has 1 heterocycles. The van der Waals surface area contributed by atoms with E-state index >= 15 is 0 Å². The molecule has 0 bridgehead atoms. The van der Waals surface area contributed by atoms with Crippen LogP contribution >= 0.6 is 0 Å². The van der Waals surface area contributed by atoms with Gasteiger partial charge in [-0.25, -0.2) is 26.2 Å². The van der Waals surface area contributed by atoms with Gasteiger partial charge in [-0.05, 0) is 56.9 Å². The minimum absolute atomic E-state index is 0.0196. The number of benzene rings is 1. The summed E-state index contributed by atoms with van der Waals surface area (Å²) in [6.07, 6.45) is -9.04. The number of hydrogen-bond acceptors (Lipinski definition) is 6. The average Bonchev–Trinajstić information content (AvgIpc) is 2.72. The van der Waals surface area contributed by atoms with E-state index in [4.69, 9.17) is 0 Å². The monoisotopic (exact) mass is 590 g/mol. The predicted octanol–water partition coefficient (Wildman–Crippen LogP) is 4.42. The Bertz CT molecular complexity index is 1480. The highest BCUT2D eigenvalue weighted by molar-refractivity contribution is 7.92. The summed E-state index contributed by atoms with van der Waals surface area (Å²) in [6, 6.07) is 0.525. The second-order valence-corrected chi connectivity index (χ2v) is 14.0. The number of alkyl halides is 6. The molecule has 1 saturated carbocycles. The number of rotatable bonds is 6. The second kappa shape index (κ2) is 9.47. The van der Waals surface area contributed by atoms with Gasteiger partial charge in [0.15, 0.2) is 19.7 Å². The quantitative estimate of drug-likeness (QED) is 0.499. The summed E-state index contributed by atoms with van der Waals surface area (Å²) in [5.74, 6) is -3.22. The number of hydrogen-bond donors (Lipinski definition) is 1. The van der Waals surface area contributed by atoms with Crippen LogP contribution in [0.5, 0.6) is 0 Å². The van der Waals surface area contributed by atoms with Gasteiger partial charge in [0.2, 0.25) is 0 Å². The van der Waals surface area contributed by atoms with Crippen molar-refractivity contribution in [3.63, 3.8) is 0 Å². The fourth-order valence-electron chi connectivity index (χ4n) is 4.01. The largest absolute Gasteiger partial charge is 0.417 e. The molecule has 1 fully saturated rings. The van der Waals surface area contributed by atoms with Crippen molar-refractivity contribution in [3.8, 4) is 0 Å². The van der Waals surface area contributed by atoms with Gasteiger partial charge in [0.1, 0.15) is 11.5 Å². The normalized spacial score (nSPS) is 19.1. The number of amides is 1. The van der Waals surface area contributed by atoms with Gasteiger partial charge >= 0.3 is 12.4 Å². The van der Waals surface area contributed by atoms with Crippen molar-refractivity contribution in [2.24, 2.45) is 5.92 Å². The van der Waals surface area contributed by atoms with Gasteiger partial charge in [-0.1, -0.05) is 0 Å². The molecule has 16 heteroatoms. The molecule has 1 aromatic carbocycles. The molecule has 210 valence electrons. The van der Waals surface area contributed by atoms with E-state index in [-0.39, 0.29) is 25.0 Å². The molecule has 1 aliphatic carbocycles. The third kappa shape index (κ3) is 5.80. The number of carbonyl (C=O) groups is 1. The molecule has 1 aromatic heterocycles. The Morgan fingerprint density at radius 1 is 0.921 bits per heavy atom. The van der Waals surface area contributed by atoms with Crippen LogP contribution in [0, 0.1) is 11.7 Å². The van der Waals surface area contributed by atoms with Crippen LogP contribution in [0.1, 0.15) is 48.3 Å². The SMILES string of the molecule is CC(C)([C@H]1C[C@@H](NC(=O)c2ncc(C(F)(F)F)cc2S(C)(=O)=O)C1)S(=O)(=O)c1cc(F)cc(C(F)(F)F)c1. The molecule has 2 aromatic rings. The lowest BCUT2D eigenvalue weighted by Crippen LogP contribution is -2.53. The first-order valence-corrected chi connectivity index (χ1v) is 14.1. The maximum atomic E-state index is 13.8. The van der Waals surface area contributed by atoms with E-state index in [2.05, 4.69) is 10.3 Å². The van der Waals surface area contributed by atoms with E-state index in [1.54, 1.807) is 0 Å². The van der Waals surface area contributed by atoms with Crippen LogP contribution in [0.2, 0.25) is 0 Å². The van der Waals surface area contributed by atoms with Crippen molar-refractivity contribution in [2.75, 3.05) is 6.26 Å². The minimum atomic E-state index is -4.99. The highest BCUT2D eigenvalue weighted by Crippen LogP contribution is 2.44. The zero-order chi connectivity index (χ0) is 29.1. The lowest BCUT2D eigenvalue weighted by Gasteiger charge is -2.45. The van der Waals surface area contributed by atoms with Gasteiger partial charge in [0, 0.05) is 18.5 Å². The summed E-state index contributed by atoms with van der Waals surface area (Å²) in [4.78, 5) is 14.2. The topological polar surface area (TPSA) is 110 Å². The molecule has 38 heavy (non-hydrogen) atoms. The molecule has 0 aliphatic heterocycles. The van der Waals surface area contributed by atoms with Crippen molar-refractivity contribution >= 4 is 25.6 Å². The van der Waals surface area contributed by atoms with E-state index in [0.29, 0.717) is 24.6 Å². The fourth-order valence-corrected chi connectivity index (χ4v) is 6.64. The van der Waals surface area contributed by atoms with E-state index in [1.165, 1.54) is 13.8 Å². The number of aromatic nitrogens is 1. The molecule has 3 rings (SSSR count). The summed E-state index contributed by atoms with van der Waals surface area (Å²) < 4.78 is 141. The lowest BCUT2D eigenvalue weighted by molar-refractivity contribution is -0.138. The van der Waals surface area contributed by atoms with Crippen molar-refractivity contribution in [3.05, 3.63) is 53.1 Å². The molecular weight excluding hydrogens is 569 g/mol. The molecule has 0 radical (unpaired) electrons. The van der Waals surface area contributed by atoms with Crippen molar-refractivity contribution in [1.82, 2.24) is 10.3 Å². The first-order valence-electron chi connectivity index (χ1n) is 10.8. The molecule has 0 saturated heterocycles.